The lowest BCUT2D eigenvalue weighted by molar-refractivity contribution is -0.143. The highest BCUT2D eigenvalue weighted by molar-refractivity contribution is 5.83. The fourth-order valence-electron chi connectivity index (χ4n) is 3.98. The van der Waals surface area contributed by atoms with Crippen molar-refractivity contribution < 1.29 is 14.6 Å². The largest absolute Gasteiger partial charge is 0.497 e. The number of aliphatic hydroxyl groups excluding tert-OH is 1. The third kappa shape index (κ3) is 4.33. The van der Waals surface area contributed by atoms with Crippen molar-refractivity contribution in [3.8, 4) is 5.75 Å². The van der Waals surface area contributed by atoms with Crippen LogP contribution in [0.2, 0.25) is 0 Å². The maximum atomic E-state index is 13.0. The second kappa shape index (κ2) is 7.34. The van der Waals surface area contributed by atoms with Gasteiger partial charge in [-0.1, -0.05) is 26.0 Å². The standard InChI is InChI=1S/C20H30N2O3/c1-20(2)12-16(23)8-10-22(14-20)19(24)18-9-11-21(18)13-15-4-6-17(25-3)7-5-15/h4-7,16,18,23H,8-14H2,1-3H3. The fourth-order valence-corrected chi connectivity index (χ4v) is 3.98. The number of benzene rings is 1. The summed E-state index contributed by atoms with van der Waals surface area (Å²) in [5.74, 6) is 1.08. The number of amides is 1. The molecular formula is C20H30N2O3. The van der Waals surface area contributed by atoms with Gasteiger partial charge >= 0.3 is 0 Å². The Kier molecular flexibility index (Phi) is 5.35. The van der Waals surface area contributed by atoms with Gasteiger partial charge in [-0.3, -0.25) is 9.69 Å². The summed E-state index contributed by atoms with van der Waals surface area (Å²) in [6.45, 7) is 7.42. The first-order valence-corrected chi connectivity index (χ1v) is 9.22. The molecule has 5 heteroatoms. The molecule has 2 unspecified atom stereocenters. The minimum Gasteiger partial charge on any atom is -0.497 e. The Bertz CT molecular complexity index is 599. The molecule has 2 fully saturated rings. The van der Waals surface area contributed by atoms with Crippen LogP contribution in [0.5, 0.6) is 5.75 Å². The van der Waals surface area contributed by atoms with Gasteiger partial charge in [0.05, 0.1) is 19.3 Å². The number of carbonyl (C=O) groups excluding carboxylic acids is 1. The van der Waals surface area contributed by atoms with Crippen molar-refractivity contribution in [2.75, 3.05) is 26.7 Å². The van der Waals surface area contributed by atoms with E-state index in [0.29, 0.717) is 13.0 Å². The van der Waals surface area contributed by atoms with Crippen molar-refractivity contribution in [2.45, 2.75) is 51.8 Å². The van der Waals surface area contributed by atoms with Crippen molar-refractivity contribution in [1.29, 1.82) is 0 Å². The SMILES string of the molecule is COc1ccc(CN2CCC2C(=O)N2CCC(O)CC(C)(C)C2)cc1. The smallest absolute Gasteiger partial charge is 0.240 e. The molecule has 2 saturated heterocycles. The van der Waals surface area contributed by atoms with E-state index in [2.05, 4.69) is 30.9 Å². The summed E-state index contributed by atoms with van der Waals surface area (Å²) in [6.07, 6.45) is 2.07. The minimum absolute atomic E-state index is 0.0202. The molecular weight excluding hydrogens is 316 g/mol. The molecule has 2 heterocycles. The molecule has 3 rings (SSSR count). The zero-order valence-electron chi connectivity index (χ0n) is 15.6. The molecule has 2 aliphatic heterocycles. The van der Waals surface area contributed by atoms with Gasteiger partial charge in [0.2, 0.25) is 5.91 Å². The molecule has 0 aliphatic carbocycles. The van der Waals surface area contributed by atoms with Gasteiger partial charge in [0.1, 0.15) is 5.75 Å². The molecule has 1 N–H and O–H groups in total. The number of nitrogens with zero attached hydrogens (tertiary/aromatic N) is 2. The van der Waals surface area contributed by atoms with E-state index in [1.54, 1.807) is 7.11 Å². The van der Waals surface area contributed by atoms with Crippen LogP contribution in [0, 0.1) is 5.41 Å². The Labute approximate surface area is 150 Å². The molecule has 0 aromatic heterocycles. The summed E-state index contributed by atoms with van der Waals surface area (Å²) in [5, 5.41) is 10.1. The minimum atomic E-state index is -0.301. The second-order valence-corrected chi connectivity index (χ2v) is 8.19. The third-order valence-corrected chi connectivity index (χ3v) is 5.41. The maximum Gasteiger partial charge on any atom is 0.240 e. The molecule has 138 valence electrons. The Hall–Kier alpha value is -1.59. The van der Waals surface area contributed by atoms with Crippen molar-refractivity contribution in [3.05, 3.63) is 29.8 Å². The number of hydrogen-bond donors (Lipinski definition) is 1. The highest BCUT2D eigenvalue weighted by Crippen LogP contribution is 2.30. The predicted molar refractivity (Wildman–Crippen MR) is 97.4 cm³/mol. The van der Waals surface area contributed by atoms with Crippen LogP contribution in [0.25, 0.3) is 0 Å². The van der Waals surface area contributed by atoms with Gasteiger partial charge in [0, 0.05) is 26.2 Å². The number of carbonyl (C=O) groups is 1. The first-order valence-electron chi connectivity index (χ1n) is 9.22. The van der Waals surface area contributed by atoms with Gasteiger partial charge in [0.15, 0.2) is 0 Å². The molecule has 0 bridgehead atoms. The van der Waals surface area contributed by atoms with E-state index in [9.17, 15) is 9.90 Å². The van der Waals surface area contributed by atoms with E-state index >= 15 is 0 Å². The molecule has 1 amide bonds. The zero-order valence-corrected chi connectivity index (χ0v) is 15.6. The average molecular weight is 346 g/mol. The van der Waals surface area contributed by atoms with Crippen LogP contribution in [-0.2, 0) is 11.3 Å². The van der Waals surface area contributed by atoms with Crippen LogP contribution in [0.3, 0.4) is 0 Å². The molecule has 1 aromatic carbocycles. The summed E-state index contributed by atoms with van der Waals surface area (Å²) in [5.41, 5.74) is 1.17. The van der Waals surface area contributed by atoms with E-state index in [-0.39, 0.29) is 23.5 Å². The topological polar surface area (TPSA) is 53.0 Å². The zero-order chi connectivity index (χ0) is 18.0. The van der Waals surface area contributed by atoms with Gasteiger partial charge in [-0.15, -0.1) is 0 Å². The summed E-state index contributed by atoms with van der Waals surface area (Å²) >= 11 is 0. The van der Waals surface area contributed by atoms with E-state index in [4.69, 9.17) is 4.74 Å². The quantitative estimate of drug-likeness (QED) is 0.909. The van der Waals surface area contributed by atoms with Crippen molar-refractivity contribution >= 4 is 5.91 Å². The lowest BCUT2D eigenvalue weighted by Crippen LogP contribution is -2.57. The second-order valence-electron chi connectivity index (χ2n) is 8.19. The van der Waals surface area contributed by atoms with Gasteiger partial charge in [0.25, 0.3) is 0 Å². The number of methoxy groups -OCH3 is 1. The van der Waals surface area contributed by atoms with E-state index in [0.717, 1.165) is 38.2 Å². The Morgan fingerprint density at radius 3 is 2.56 bits per heavy atom. The highest BCUT2D eigenvalue weighted by atomic mass is 16.5. The molecule has 1 aromatic rings. The molecule has 5 nitrogen and oxygen atoms in total. The molecule has 2 atom stereocenters. The molecule has 0 radical (unpaired) electrons. The molecule has 25 heavy (non-hydrogen) atoms. The fraction of sp³-hybridized carbons (Fsp3) is 0.650. The Morgan fingerprint density at radius 1 is 1.24 bits per heavy atom. The Morgan fingerprint density at radius 2 is 1.96 bits per heavy atom. The van der Waals surface area contributed by atoms with Gasteiger partial charge in [-0.2, -0.15) is 0 Å². The summed E-state index contributed by atoms with van der Waals surface area (Å²) < 4.78 is 5.20. The first kappa shape index (κ1) is 18.2. The normalized spacial score (nSPS) is 26.6. The van der Waals surface area contributed by atoms with E-state index < -0.39 is 0 Å². The Balaban J connectivity index is 1.61. The van der Waals surface area contributed by atoms with Gasteiger partial charge in [-0.05, 0) is 42.4 Å². The van der Waals surface area contributed by atoms with Crippen molar-refractivity contribution in [2.24, 2.45) is 5.41 Å². The molecule has 0 spiro atoms. The van der Waals surface area contributed by atoms with Crippen molar-refractivity contribution in [3.63, 3.8) is 0 Å². The average Bonchev–Trinajstić information content (AvgIpc) is 2.69. The number of aliphatic hydroxyl groups is 1. The van der Waals surface area contributed by atoms with Gasteiger partial charge in [-0.25, -0.2) is 0 Å². The van der Waals surface area contributed by atoms with Crippen molar-refractivity contribution in [1.82, 2.24) is 9.80 Å². The summed E-state index contributed by atoms with van der Waals surface area (Å²) in [4.78, 5) is 17.2. The lowest BCUT2D eigenvalue weighted by Gasteiger charge is -2.43. The van der Waals surface area contributed by atoms with Crippen LogP contribution in [0.4, 0.5) is 0 Å². The number of rotatable bonds is 4. The molecule has 2 aliphatic rings. The summed E-state index contributed by atoms with van der Waals surface area (Å²) in [7, 11) is 1.67. The maximum absolute atomic E-state index is 13.0. The number of hydrogen-bond acceptors (Lipinski definition) is 4. The number of likely N-dealkylation sites (tertiary alicyclic amines) is 2. The van der Waals surface area contributed by atoms with Gasteiger partial charge < -0.3 is 14.7 Å². The summed E-state index contributed by atoms with van der Waals surface area (Å²) in [6, 6.07) is 8.02. The van der Waals surface area contributed by atoms with Crippen LogP contribution < -0.4 is 4.74 Å². The molecule has 0 saturated carbocycles. The van der Waals surface area contributed by atoms with E-state index in [1.807, 2.05) is 17.0 Å². The third-order valence-electron chi connectivity index (χ3n) is 5.41. The first-order chi connectivity index (χ1) is 11.9. The highest BCUT2D eigenvalue weighted by Gasteiger charge is 2.39. The number of ether oxygens (including phenoxy) is 1. The van der Waals surface area contributed by atoms with Crippen LogP contribution in [0.15, 0.2) is 24.3 Å². The van der Waals surface area contributed by atoms with Crippen LogP contribution in [0.1, 0.15) is 38.7 Å². The predicted octanol–water partition coefficient (Wildman–Crippen LogP) is 2.28. The monoisotopic (exact) mass is 346 g/mol. The van der Waals surface area contributed by atoms with Crippen LogP contribution in [-0.4, -0.2) is 59.7 Å². The van der Waals surface area contributed by atoms with E-state index in [1.165, 1.54) is 5.56 Å². The lowest BCUT2D eigenvalue weighted by atomic mass is 9.86. The van der Waals surface area contributed by atoms with Crippen LogP contribution >= 0.6 is 0 Å².